The number of H-pyrrole nitrogens is 1. The van der Waals surface area contributed by atoms with E-state index in [2.05, 4.69) is 16.4 Å². The predicted octanol–water partition coefficient (Wildman–Crippen LogP) is 0.242. The molecule has 0 aliphatic carbocycles. The Hall–Kier alpha value is -2.83. The zero-order valence-corrected chi connectivity index (χ0v) is 14.0. The summed E-state index contributed by atoms with van der Waals surface area (Å²) in [6, 6.07) is 9.51. The quantitative estimate of drug-likeness (QED) is 0.779. The molecule has 0 unspecified atom stereocenters. The van der Waals surface area contributed by atoms with Gasteiger partial charge in [-0.2, -0.15) is 0 Å². The molecule has 0 bridgehead atoms. The van der Waals surface area contributed by atoms with E-state index in [9.17, 15) is 14.4 Å². The van der Waals surface area contributed by atoms with Crippen molar-refractivity contribution in [1.82, 2.24) is 14.9 Å². The van der Waals surface area contributed by atoms with Gasteiger partial charge in [-0.15, -0.1) is 0 Å². The fraction of sp³-hybridized carbons (Fsp3) is 0.389. The number of piperidine rings is 1. The van der Waals surface area contributed by atoms with Crippen LogP contribution in [0.2, 0.25) is 0 Å². The SMILES string of the molecule is Cn1c(=O)cc(N2CCC3(CC2)C(=O)NCc2ccccc23)[nH]c1=O. The molecule has 2 aliphatic rings. The Morgan fingerprint density at radius 3 is 2.52 bits per heavy atom. The fourth-order valence-electron chi connectivity index (χ4n) is 3.95. The summed E-state index contributed by atoms with van der Waals surface area (Å²) in [7, 11) is 1.44. The number of amides is 1. The number of benzene rings is 1. The molecule has 130 valence electrons. The Labute approximate surface area is 144 Å². The summed E-state index contributed by atoms with van der Waals surface area (Å²) in [5, 5.41) is 3.01. The van der Waals surface area contributed by atoms with Gasteiger partial charge in [-0.05, 0) is 24.0 Å². The maximum Gasteiger partial charge on any atom is 0.329 e. The summed E-state index contributed by atoms with van der Waals surface area (Å²) in [4.78, 5) is 41.1. The summed E-state index contributed by atoms with van der Waals surface area (Å²) >= 11 is 0. The second-order valence-electron chi connectivity index (χ2n) is 6.77. The van der Waals surface area contributed by atoms with Gasteiger partial charge in [0, 0.05) is 32.7 Å². The molecule has 1 spiro atoms. The molecule has 1 amide bonds. The number of hydrogen-bond donors (Lipinski definition) is 2. The van der Waals surface area contributed by atoms with Crippen molar-refractivity contribution in [2.75, 3.05) is 18.0 Å². The van der Waals surface area contributed by atoms with Crippen LogP contribution in [0.1, 0.15) is 24.0 Å². The smallest absolute Gasteiger partial charge is 0.329 e. The lowest BCUT2D eigenvalue weighted by Crippen LogP contribution is -2.55. The second kappa shape index (κ2) is 5.61. The highest BCUT2D eigenvalue weighted by Gasteiger charge is 2.46. The highest BCUT2D eigenvalue weighted by Crippen LogP contribution is 2.40. The number of anilines is 1. The normalized spacial score (nSPS) is 18.8. The first-order chi connectivity index (χ1) is 12.0. The minimum atomic E-state index is -0.522. The van der Waals surface area contributed by atoms with Crippen molar-refractivity contribution in [1.29, 1.82) is 0 Å². The Balaban J connectivity index is 1.65. The van der Waals surface area contributed by atoms with Crippen LogP contribution in [0.4, 0.5) is 5.82 Å². The maximum atomic E-state index is 12.7. The molecule has 2 N–H and O–H groups in total. The molecule has 1 fully saturated rings. The third kappa shape index (κ3) is 2.38. The summed E-state index contributed by atoms with van der Waals surface area (Å²) in [5.41, 5.74) is 0.988. The molecule has 0 saturated carbocycles. The number of fused-ring (bicyclic) bond motifs is 2. The minimum absolute atomic E-state index is 0.0725. The van der Waals surface area contributed by atoms with E-state index in [4.69, 9.17) is 0 Å². The van der Waals surface area contributed by atoms with Crippen LogP contribution in [0.25, 0.3) is 0 Å². The van der Waals surface area contributed by atoms with Crippen LogP contribution < -0.4 is 21.5 Å². The van der Waals surface area contributed by atoms with E-state index in [1.165, 1.54) is 13.1 Å². The van der Waals surface area contributed by atoms with Crippen molar-refractivity contribution in [3.05, 3.63) is 62.3 Å². The highest BCUT2D eigenvalue weighted by molar-refractivity contribution is 5.90. The molecule has 25 heavy (non-hydrogen) atoms. The van der Waals surface area contributed by atoms with Crippen molar-refractivity contribution in [2.24, 2.45) is 7.05 Å². The molecule has 7 heteroatoms. The molecule has 4 rings (SSSR count). The van der Waals surface area contributed by atoms with Crippen LogP contribution in [0.3, 0.4) is 0 Å². The number of nitrogens with one attached hydrogen (secondary N) is 2. The molecule has 2 aliphatic heterocycles. The Kier molecular flexibility index (Phi) is 3.52. The molecule has 0 atom stereocenters. The van der Waals surface area contributed by atoms with Crippen LogP contribution in [-0.2, 0) is 23.8 Å². The minimum Gasteiger partial charge on any atom is -0.358 e. The van der Waals surface area contributed by atoms with Gasteiger partial charge < -0.3 is 10.2 Å². The molecule has 1 aromatic carbocycles. The number of aromatic nitrogens is 2. The average molecular weight is 340 g/mol. The molecular formula is C18H20N4O3. The van der Waals surface area contributed by atoms with Gasteiger partial charge in [0.25, 0.3) is 5.56 Å². The Morgan fingerprint density at radius 2 is 1.80 bits per heavy atom. The molecular weight excluding hydrogens is 320 g/mol. The van der Waals surface area contributed by atoms with Crippen molar-refractivity contribution >= 4 is 11.7 Å². The predicted molar refractivity (Wildman–Crippen MR) is 93.7 cm³/mol. The van der Waals surface area contributed by atoms with Crippen LogP contribution in [0.5, 0.6) is 0 Å². The van der Waals surface area contributed by atoms with E-state index in [1.54, 1.807) is 0 Å². The summed E-state index contributed by atoms with van der Waals surface area (Å²) in [6.07, 6.45) is 1.29. The monoisotopic (exact) mass is 340 g/mol. The molecule has 1 saturated heterocycles. The summed E-state index contributed by atoms with van der Waals surface area (Å²) in [5.74, 6) is 0.593. The number of hydrogen-bond acceptors (Lipinski definition) is 4. The van der Waals surface area contributed by atoms with Crippen LogP contribution in [-0.4, -0.2) is 28.5 Å². The molecule has 7 nitrogen and oxygen atoms in total. The largest absolute Gasteiger partial charge is 0.358 e. The third-order valence-electron chi connectivity index (χ3n) is 5.50. The number of carbonyl (C=O) groups excluding carboxylic acids is 1. The van der Waals surface area contributed by atoms with E-state index < -0.39 is 11.1 Å². The van der Waals surface area contributed by atoms with E-state index in [0.717, 1.165) is 15.7 Å². The molecule has 2 aromatic rings. The average Bonchev–Trinajstić information content (AvgIpc) is 2.63. The van der Waals surface area contributed by atoms with Crippen LogP contribution >= 0.6 is 0 Å². The van der Waals surface area contributed by atoms with Crippen molar-refractivity contribution in [2.45, 2.75) is 24.8 Å². The van der Waals surface area contributed by atoms with Gasteiger partial charge in [0.1, 0.15) is 5.82 Å². The van der Waals surface area contributed by atoms with E-state index in [1.807, 2.05) is 23.1 Å². The van der Waals surface area contributed by atoms with Crippen LogP contribution in [0.15, 0.2) is 39.9 Å². The first-order valence-electron chi connectivity index (χ1n) is 8.43. The lowest BCUT2D eigenvalue weighted by atomic mass is 9.69. The zero-order valence-electron chi connectivity index (χ0n) is 14.0. The van der Waals surface area contributed by atoms with Gasteiger partial charge in [-0.1, -0.05) is 24.3 Å². The van der Waals surface area contributed by atoms with Gasteiger partial charge in [-0.25, -0.2) is 4.79 Å². The van der Waals surface area contributed by atoms with Crippen LogP contribution in [0, 0.1) is 0 Å². The molecule has 0 radical (unpaired) electrons. The Morgan fingerprint density at radius 1 is 1.08 bits per heavy atom. The van der Waals surface area contributed by atoms with Gasteiger partial charge in [-0.3, -0.25) is 19.1 Å². The third-order valence-corrected chi connectivity index (χ3v) is 5.50. The Bertz CT molecular complexity index is 920. The van der Waals surface area contributed by atoms with Gasteiger partial charge in [0.05, 0.1) is 5.41 Å². The van der Waals surface area contributed by atoms with Crippen molar-refractivity contribution < 1.29 is 4.79 Å². The fourth-order valence-corrected chi connectivity index (χ4v) is 3.95. The van der Waals surface area contributed by atoms with E-state index in [0.29, 0.717) is 38.3 Å². The summed E-state index contributed by atoms with van der Waals surface area (Å²) in [6.45, 7) is 1.78. The molecule has 1 aromatic heterocycles. The van der Waals surface area contributed by atoms with Gasteiger partial charge in [0.2, 0.25) is 5.91 Å². The van der Waals surface area contributed by atoms with Gasteiger partial charge >= 0.3 is 5.69 Å². The van der Waals surface area contributed by atoms with Crippen molar-refractivity contribution in [3.63, 3.8) is 0 Å². The number of nitrogens with zero attached hydrogens (tertiary/aromatic N) is 2. The highest BCUT2D eigenvalue weighted by atomic mass is 16.2. The van der Waals surface area contributed by atoms with Crippen molar-refractivity contribution in [3.8, 4) is 0 Å². The number of aromatic amines is 1. The zero-order chi connectivity index (χ0) is 17.6. The van der Waals surface area contributed by atoms with Gasteiger partial charge in [0.15, 0.2) is 0 Å². The topological polar surface area (TPSA) is 87.2 Å². The first-order valence-corrected chi connectivity index (χ1v) is 8.43. The number of rotatable bonds is 1. The lowest BCUT2D eigenvalue weighted by molar-refractivity contribution is -0.128. The second-order valence-corrected chi connectivity index (χ2v) is 6.77. The standard InChI is InChI=1S/C18H20N4O3/c1-21-15(23)10-14(20-17(21)25)22-8-6-18(7-9-22)13-5-3-2-4-12(13)11-19-16(18)24/h2-5,10H,6-9,11H2,1H3,(H,19,24)(H,20,25). The summed E-state index contributed by atoms with van der Waals surface area (Å²) < 4.78 is 1.04. The first kappa shape index (κ1) is 15.7. The number of carbonyl (C=O) groups is 1. The van der Waals surface area contributed by atoms with E-state index in [-0.39, 0.29) is 11.5 Å². The lowest BCUT2D eigenvalue weighted by Gasteiger charge is -2.44. The molecule has 3 heterocycles. The maximum absolute atomic E-state index is 12.7. The van der Waals surface area contributed by atoms with E-state index >= 15 is 0 Å².